The first-order valence-electron chi connectivity index (χ1n) is 5.64. The van der Waals surface area contributed by atoms with Gasteiger partial charge in [0.15, 0.2) is 0 Å². The topological polar surface area (TPSA) is 129 Å². The minimum Gasteiger partial charge on any atom is -0.448 e. The highest BCUT2D eigenvalue weighted by atomic mass is 16.5. The van der Waals surface area contributed by atoms with Crippen molar-refractivity contribution in [1.82, 2.24) is 15.0 Å². The third-order valence-corrected chi connectivity index (χ3v) is 1.92. The molecular weight excluding hydrogens is 236 g/mol. The van der Waals surface area contributed by atoms with Gasteiger partial charge in [-0.25, -0.2) is 4.79 Å². The predicted molar refractivity (Wildman–Crippen MR) is 66.8 cm³/mol. The van der Waals surface area contributed by atoms with Gasteiger partial charge in [-0.15, -0.1) is 0 Å². The van der Waals surface area contributed by atoms with Gasteiger partial charge in [0.2, 0.25) is 11.9 Å². The Kier molecular flexibility index (Phi) is 5.09. The lowest BCUT2D eigenvalue weighted by Gasteiger charge is -2.08. The van der Waals surface area contributed by atoms with Crippen molar-refractivity contribution in [2.75, 3.05) is 24.2 Å². The summed E-state index contributed by atoms with van der Waals surface area (Å²) in [6.45, 7) is 4.62. The highest BCUT2D eigenvalue weighted by Crippen LogP contribution is 2.07. The van der Waals surface area contributed by atoms with Gasteiger partial charge in [0, 0.05) is 6.42 Å². The van der Waals surface area contributed by atoms with Crippen molar-refractivity contribution in [2.24, 2.45) is 11.7 Å². The number of nitrogens with zero attached hydrogens (tertiary/aromatic N) is 3. The summed E-state index contributed by atoms with van der Waals surface area (Å²) in [5, 5.41) is 2.88. The van der Waals surface area contributed by atoms with Crippen LogP contribution in [0.15, 0.2) is 0 Å². The third kappa shape index (κ3) is 5.28. The highest BCUT2D eigenvalue weighted by molar-refractivity contribution is 5.64. The zero-order chi connectivity index (χ0) is 13.5. The normalized spacial score (nSPS) is 10.4. The van der Waals surface area contributed by atoms with Crippen LogP contribution in [0.2, 0.25) is 0 Å². The first kappa shape index (κ1) is 13.9. The molecule has 0 radical (unpaired) electrons. The van der Waals surface area contributed by atoms with E-state index in [-0.39, 0.29) is 12.6 Å². The number of anilines is 2. The van der Waals surface area contributed by atoms with Gasteiger partial charge in [-0.1, -0.05) is 13.8 Å². The number of primary amides is 1. The van der Waals surface area contributed by atoms with E-state index in [0.717, 1.165) is 6.42 Å². The molecule has 8 nitrogen and oxygen atoms in total. The fourth-order valence-corrected chi connectivity index (χ4v) is 1.29. The maximum absolute atomic E-state index is 10.4. The molecule has 5 N–H and O–H groups in total. The maximum atomic E-state index is 10.4. The molecule has 1 heterocycles. The lowest BCUT2D eigenvalue weighted by molar-refractivity contribution is 0.161. The quantitative estimate of drug-likeness (QED) is 0.616. The van der Waals surface area contributed by atoms with Crippen molar-refractivity contribution in [3.8, 4) is 0 Å². The Balaban J connectivity index is 2.54. The summed E-state index contributed by atoms with van der Waals surface area (Å²) in [7, 11) is 0. The zero-order valence-corrected chi connectivity index (χ0v) is 10.5. The Morgan fingerprint density at radius 1 is 1.39 bits per heavy atom. The molecule has 0 aliphatic heterocycles. The van der Waals surface area contributed by atoms with Crippen LogP contribution in [-0.4, -0.2) is 34.2 Å². The number of aromatic nitrogens is 3. The smallest absolute Gasteiger partial charge is 0.404 e. The summed E-state index contributed by atoms with van der Waals surface area (Å²) in [6.07, 6.45) is -0.0911. The van der Waals surface area contributed by atoms with E-state index in [2.05, 4.69) is 38.9 Å². The lowest BCUT2D eigenvalue weighted by atomic mass is 10.1. The van der Waals surface area contributed by atoms with E-state index in [0.29, 0.717) is 24.2 Å². The second kappa shape index (κ2) is 6.58. The average molecular weight is 254 g/mol. The van der Waals surface area contributed by atoms with Crippen LogP contribution in [-0.2, 0) is 11.2 Å². The molecule has 0 saturated carbocycles. The molecule has 0 aromatic carbocycles. The molecule has 0 aliphatic rings. The summed E-state index contributed by atoms with van der Waals surface area (Å²) < 4.78 is 4.56. The molecule has 0 unspecified atom stereocenters. The van der Waals surface area contributed by atoms with E-state index >= 15 is 0 Å². The van der Waals surface area contributed by atoms with Crippen LogP contribution in [0.5, 0.6) is 0 Å². The molecule has 0 bridgehead atoms. The fraction of sp³-hybridized carbons (Fsp3) is 0.600. The van der Waals surface area contributed by atoms with Gasteiger partial charge in [-0.3, -0.25) is 0 Å². The second-order valence-corrected chi connectivity index (χ2v) is 4.13. The average Bonchev–Trinajstić information content (AvgIpc) is 2.22. The Morgan fingerprint density at radius 2 is 2.11 bits per heavy atom. The van der Waals surface area contributed by atoms with Crippen LogP contribution in [0.25, 0.3) is 0 Å². The molecule has 1 aromatic rings. The van der Waals surface area contributed by atoms with Crippen molar-refractivity contribution in [3.63, 3.8) is 0 Å². The molecule has 0 fully saturated rings. The van der Waals surface area contributed by atoms with Gasteiger partial charge < -0.3 is 21.5 Å². The Hall–Kier alpha value is -2.12. The molecule has 8 heteroatoms. The largest absolute Gasteiger partial charge is 0.448 e. The van der Waals surface area contributed by atoms with Gasteiger partial charge in [0.1, 0.15) is 12.4 Å². The molecule has 18 heavy (non-hydrogen) atoms. The number of carbonyl (C=O) groups excluding carboxylic acids is 1. The molecule has 0 saturated heterocycles. The van der Waals surface area contributed by atoms with Crippen LogP contribution < -0.4 is 16.8 Å². The summed E-state index contributed by atoms with van der Waals surface area (Å²) >= 11 is 0. The highest BCUT2D eigenvalue weighted by Gasteiger charge is 2.06. The minimum atomic E-state index is -0.813. The molecule has 1 aromatic heterocycles. The minimum absolute atomic E-state index is 0.139. The molecule has 1 rings (SSSR count). The number of rotatable bonds is 6. The predicted octanol–water partition coefficient (Wildman–Crippen LogP) is 0.160. The number of amides is 1. The van der Waals surface area contributed by atoms with Crippen LogP contribution in [0, 0.1) is 5.92 Å². The molecule has 0 aliphatic carbocycles. The van der Waals surface area contributed by atoms with Crippen molar-refractivity contribution in [1.29, 1.82) is 0 Å². The number of nitrogens with one attached hydrogen (secondary N) is 1. The zero-order valence-electron chi connectivity index (χ0n) is 10.5. The number of carbonyl (C=O) groups is 1. The van der Waals surface area contributed by atoms with Crippen molar-refractivity contribution in [3.05, 3.63) is 5.82 Å². The Bertz CT molecular complexity index is 409. The summed E-state index contributed by atoms with van der Waals surface area (Å²) in [4.78, 5) is 22.5. The lowest BCUT2D eigenvalue weighted by Crippen LogP contribution is -2.19. The van der Waals surface area contributed by atoms with E-state index in [9.17, 15) is 4.79 Å². The van der Waals surface area contributed by atoms with Crippen molar-refractivity contribution >= 4 is 18.0 Å². The van der Waals surface area contributed by atoms with Crippen LogP contribution in [0.4, 0.5) is 16.7 Å². The van der Waals surface area contributed by atoms with Gasteiger partial charge in [0.05, 0.1) is 6.54 Å². The maximum Gasteiger partial charge on any atom is 0.404 e. The molecule has 100 valence electrons. The molecule has 0 spiro atoms. The number of nitrogen functional groups attached to an aromatic ring is 1. The third-order valence-electron chi connectivity index (χ3n) is 1.92. The first-order chi connectivity index (χ1) is 8.47. The van der Waals surface area contributed by atoms with Gasteiger partial charge in [0.25, 0.3) is 0 Å². The van der Waals surface area contributed by atoms with Crippen molar-refractivity contribution < 1.29 is 9.53 Å². The van der Waals surface area contributed by atoms with Crippen LogP contribution >= 0.6 is 0 Å². The van der Waals surface area contributed by atoms with Gasteiger partial charge in [-0.05, 0) is 5.92 Å². The Labute approximate surface area is 105 Å². The standard InChI is InChI=1S/C10H18N6O2/c1-6(2)5-7-14-8(11)16-10(15-7)13-3-4-18-9(12)17/h6H,3-5H2,1-2H3,(H2,12,17)(H3,11,13,14,15,16). The summed E-state index contributed by atoms with van der Waals surface area (Å²) in [6, 6.07) is 0. The number of hydrogen-bond acceptors (Lipinski definition) is 7. The molecular formula is C10H18N6O2. The Morgan fingerprint density at radius 3 is 2.72 bits per heavy atom. The van der Waals surface area contributed by atoms with E-state index in [1.807, 2.05) is 0 Å². The first-order valence-corrected chi connectivity index (χ1v) is 5.64. The van der Waals surface area contributed by atoms with Crippen LogP contribution in [0.3, 0.4) is 0 Å². The SMILES string of the molecule is CC(C)Cc1nc(N)nc(NCCOC(N)=O)n1. The van der Waals surface area contributed by atoms with Gasteiger partial charge in [-0.2, -0.15) is 15.0 Å². The number of nitrogens with two attached hydrogens (primary N) is 2. The van der Waals surface area contributed by atoms with E-state index < -0.39 is 6.09 Å². The summed E-state index contributed by atoms with van der Waals surface area (Å²) in [5.74, 6) is 1.60. The van der Waals surface area contributed by atoms with E-state index in [1.54, 1.807) is 0 Å². The molecule has 1 amide bonds. The van der Waals surface area contributed by atoms with Crippen molar-refractivity contribution in [2.45, 2.75) is 20.3 Å². The number of ether oxygens (including phenoxy) is 1. The summed E-state index contributed by atoms with van der Waals surface area (Å²) in [5.41, 5.74) is 10.4. The van der Waals surface area contributed by atoms with Gasteiger partial charge >= 0.3 is 6.09 Å². The second-order valence-electron chi connectivity index (χ2n) is 4.13. The fourth-order valence-electron chi connectivity index (χ4n) is 1.29. The van der Waals surface area contributed by atoms with E-state index in [1.165, 1.54) is 0 Å². The number of hydrogen-bond donors (Lipinski definition) is 3. The van der Waals surface area contributed by atoms with E-state index in [4.69, 9.17) is 11.5 Å². The van der Waals surface area contributed by atoms with Crippen LogP contribution in [0.1, 0.15) is 19.7 Å². The monoisotopic (exact) mass is 254 g/mol. The molecule has 0 atom stereocenters.